The average molecular weight is 56.1 g/mol. The minimum Gasteiger partial charge on any atom is -0.0558 e. The van der Waals surface area contributed by atoms with Crippen molar-refractivity contribution in [1.29, 1.82) is 5.41 Å². The summed E-state index contributed by atoms with van der Waals surface area (Å²) in [5, 5.41) is 6.20. The topological polar surface area (TPSA) is 23.9 Å². The molecule has 22 valence electrons. The SMILES string of the molecule is CC[C+]=N. The maximum absolute atomic E-state index is 6.20. The van der Waals surface area contributed by atoms with Crippen LogP contribution in [0.1, 0.15) is 13.3 Å². The summed E-state index contributed by atoms with van der Waals surface area (Å²) in [5.41, 5.74) is 0. The first-order chi connectivity index (χ1) is 1.91. The highest BCUT2D eigenvalue weighted by Crippen LogP contribution is 1.54. The van der Waals surface area contributed by atoms with E-state index < -0.39 is 0 Å². The van der Waals surface area contributed by atoms with Crippen LogP contribution >= 0.6 is 0 Å². The van der Waals surface area contributed by atoms with E-state index in [1.165, 1.54) is 0 Å². The number of nitrogens with one attached hydrogen (secondary N) is 1. The molecule has 0 fully saturated rings. The van der Waals surface area contributed by atoms with E-state index in [1.54, 1.807) is 0 Å². The first kappa shape index (κ1) is 3.58. The Labute approximate surface area is 26.2 Å². The van der Waals surface area contributed by atoms with Gasteiger partial charge in [-0.15, -0.1) is 0 Å². The fourth-order valence-electron chi connectivity index (χ4n) is 0. The molecule has 0 unspecified atom stereocenters. The second kappa shape index (κ2) is 2.58. The molecule has 0 aromatic heterocycles. The van der Waals surface area contributed by atoms with E-state index in [2.05, 4.69) is 6.21 Å². The largest absolute Gasteiger partial charge is 0.354 e. The molecule has 0 saturated heterocycles. The van der Waals surface area contributed by atoms with Gasteiger partial charge in [0.15, 0.2) is 6.42 Å². The smallest absolute Gasteiger partial charge is 0.0558 e. The van der Waals surface area contributed by atoms with Crippen molar-refractivity contribution in [2.45, 2.75) is 13.3 Å². The second-order valence-electron chi connectivity index (χ2n) is 0.530. The Morgan fingerprint density at radius 3 is 2.25 bits per heavy atom. The minimum atomic E-state index is 0.736. The molecule has 1 nitrogen and oxygen atoms in total. The van der Waals surface area contributed by atoms with Gasteiger partial charge in [0.1, 0.15) is 0 Å². The van der Waals surface area contributed by atoms with Crippen LogP contribution in [0.4, 0.5) is 0 Å². The van der Waals surface area contributed by atoms with Crippen molar-refractivity contribution in [3.63, 3.8) is 0 Å². The summed E-state index contributed by atoms with van der Waals surface area (Å²) in [6.07, 6.45) is 2.92. The number of hydrogen-bond acceptors (Lipinski definition) is 1. The zero-order valence-electron chi connectivity index (χ0n) is 2.71. The molecule has 0 bridgehead atoms. The molecule has 0 saturated carbocycles. The Morgan fingerprint density at radius 2 is 2.25 bits per heavy atom. The lowest BCUT2D eigenvalue weighted by atomic mass is 10.6. The Morgan fingerprint density at radius 1 is 2.00 bits per heavy atom. The standard InChI is InChI=1S/C3H6N/c1-2-3-4/h4H,2H2,1H3/q+1. The molecule has 0 rings (SSSR count). The van der Waals surface area contributed by atoms with E-state index in [4.69, 9.17) is 5.41 Å². The molecule has 0 aromatic rings. The average Bonchev–Trinajstić information content (AvgIpc) is 1.37. The predicted octanol–water partition coefficient (Wildman–Crippen LogP) is 0.923. The van der Waals surface area contributed by atoms with E-state index in [9.17, 15) is 0 Å². The number of hydrogen-bond donors (Lipinski definition) is 1. The molecule has 0 heterocycles. The Hall–Kier alpha value is -0.420. The summed E-state index contributed by atoms with van der Waals surface area (Å²) in [5.74, 6) is 0. The third-order valence-corrected chi connectivity index (χ3v) is 0.177. The molecule has 0 radical (unpaired) electrons. The van der Waals surface area contributed by atoms with Crippen molar-refractivity contribution in [1.82, 2.24) is 0 Å². The molecule has 0 amide bonds. The molecule has 0 spiro atoms. The quantitative estimate of drug-likeness (QED) is 0.341. The van der Waals surface area contributed by atoms with Crippen LogP contribution in [0.25, 0.3) is 0 Å². The molecule has 0 aliphatic carbocycles. The summed E-state index contributed by atoms with van der Waals surface area (Å²) in [6.45, 7) is 1.88. The minimum absolute atomic E-state index is 0.736. The predicted molar refractivity (Wildman–Crippen MR) is 18.0 cm³/mol. The van der Waals surface area contributed by atoms with Gasteiger partial charge < -0.3 is 0 Å². The van der Waals surface area contributed by atoms with Crippen LogP contribution in [0, 0.1) is 5.41 Å². The maximum Gasteiger partial charge on any atom is 0.354 e. The maximum atomic E-state index is 6.20. The van der Waals surface area contributed by atoms with Gasteiger partial charge in [-0.05, 0) is 6.92 Å². The molecular formula is C3H6N+. The third kappa shape index (κ3) is 1.58. The summed E-state index contributed by atoms with van der Waals surface area (Å²) < 4.78 is 0. The highest BCUT2D eigenvalue weighted by atomic mass is 14.3. The van der Waals surface area contributed by atoms with Crippen molar-refractivity contribution in [3.05, 3.63) is 0 Å². The molecule has 1 N–H and O–H groups in total. The van der Waals surface area contributed by atoms with Crippen LogP contribution in [-0.4, -0.2) is 6.21 Å². The molecule has 4 heavy (non-hydrogen) atoms. The normalized spacial score (nSPS) is 5.25. The molecule has 0 aromatic carbocycles. The van der Waals surface area contributed by atoms with E-state index in [0.29, 0.717) is 0 Å². The first-order valence-electron chi connectivity index (χ1n) is 1.31. The van der Waals surface area contributed by atoms with Gasteiger partial charge in [-0.3, -0.25) is 0 Å². The summed E-state index contributed by atoms with van der Waals surface area (Å²) >= 11 is 0. The number of rotatable bonds is 1. The van der Waals surface area contributed by atoms with E-state index >= 15 is 0 Å². The van der Waals surface area contributed by atoms with Crippen molar-refractivity contribution >= 4 is 6.21 Å². The van der Waals surface area contributed by atoms with Crippen molar-refractivity contribution in [2.24, 2.45) is 0 Å². The van der Waals surface area contributed by atoms with Crippen LogP contribution in [0.2, 0.25) is 0 Å². The highest BCUT2D eigenvalue weighted by molar-refractivity contribution is 5.51. The van der Waals surface area contributed by atoms with Crippen LogP contribution < -0.4 is 0 Å². The van der Waals surface area contributed by atoms with Crippen molar-refractivity contribution < 1.29 is 0 Å². The zero-order chi connectivity index (χ0) is 3.41. The lowest BCUT2D eigenvalue weighted by Gasteiger charge is -1.34. The van der Waals surface area contributed by atoms with E-state index in [-0.39, 0.29) is 0 Å². The van der Waals surface area contributed by atoms with Crippen LogP contribution in [0.3, 0.4) is 0 Å². The van der Waals surface area contributed by atoms with Crippen molar-refractivity contribution in [2.75, 3.05) is 0 Å². The fourth-order valence-corrected chi connectivity index (χ4v) is 0. The molecule has 0 atom stereocenters. The van der Waals surface area contributed by atoms with Gasteiger partial charge in [-0.2, -0.15) is 0 Å². The monoisotopic (exact) mass is 56.0 g/mol. The van der Waals surface area contributed by atoms with Crippen molar-refractivity contribution in [3.8, 4) is 0 Å². The van der Waals surface area contributed by atoms with E-state index in [0.717, 1.165) is 6.42 Å². The van der Waals surface area contributed by atoms with Gasteiger partial charge in [-0.25, -0.2) is 0 Å². The molecule has 0 aliphatic rings. The summed E-state index contributed by atoms with van der Waals surface area (Å²) in [4.78, 5) is 0. The fraction of sp³-hybridized carbons (Fsp3) is 0.667. The first-order valence-corrected chi connectivity index (χ1v) is 1.31. The van der Waals surface area contributed by atoms with Gasteiger partial charge in [0.05, 0.1) is 0 Å². The highest BCUT2D eigenvalue weighted by Gasteiger charge is 1.71. The van der Waals surface area contributed by atoms with Crippen LogP contribution in [-0.2, 0) is 0 Å². The van der Waals surface area contributed by atoms with Gasteiger partial charge in [0, 0.05) is 0 Å². The second-order valence-corrected chi connectivity index (χ2v) is 0.530. The summed E-state index contributed by atoms with van der Waals surface area (Å²) in [6, 6.07) is 0. The molecule has 1 heteroatoms. The third-order valence-electron chi connectivity index (χ3n) is 0.177. The van der Waals surface area contributed by atoms with Gasteiger partial charge >= 0.3 is 6.21 Å². The lowest BCUT2D eigenvalue weighted by Crippen LogP contribution is -1.52. The molecule has 0 aliphatic heterocycles. The van der Waals surface area contributed by atoms with Crippen LogP contribution in [0.5, 0.6) is 0 Å². The van der Waals surface area contributed by atoms with Gasteiger partial charge in [-0.1, -0.05) is 5.41 Å². The van der Waals surface area contributed by atoms with Crippen LogP contribution in [0.15, 0.2) is 0 Å². The Balaban J connectivity index is 2.30. The lowest BCUT2D eigenvalue weighted by molar-refractivity contribution is 1.30. The molecular weight excluding hydrogens is 50.0 g/mol. The Bertz CT molecular complexity index is 17.2. The Kier molecular flexibility index (Phi) is 2.31. The zero-order valence-corrected chi connectivity index (χ0v) is 2.71. The van der Waals surface area contributed by atoms with Gasteiger partial charge in [0.2, 0.25) is 0 Å². The van der Waals surface area contributed by atoms with E-state index in [1.807, 2.05) is 6.92 Å². The summed E-state index contributed by atoms with van der Waals surface area (Å²) in [7, 11) is 0. The van der Waals surface area contributed by atoms with Gasteiger partial charge in [0.25, 0.3) is 0 Å².